The van der Waals surface area contributed by atoms with E-state index in [2.05, 4.69) is 69.8 Å². The van der Waals surface area contributed by atoms with Crippen molar-refractivity contribution in [2.45, 2.75) is 57.5 Å². The molecule has 0 amide bonds. The van der Waals surface area contributed by atoms with Crippen LogP contribution >= 0.6 is 43.6 Å². The lowest BCUT2D eigenvalue weighted by Gasteiger charge is -2.15. The van der Waals surface area contributed by atoms with E-state index < -0.39 is 11.1 Å². The highest BCUT2D eigenvalue weighted by atomic mass is 127. The first-order valence-electron chi connectivity index (χ1n) is 5.09. The SMILES string of the molecule is C[Si](C)(I)CCCCC[Si](C)(C)I. The van der Waals surface area contributed by atoms with E-state index in [1.165, 1.54) is 31.4 Å². The van der Waals surface area contributed by atoms with E-state index in [1.54, 1.807) is 0 Å². The van der Waals surface area contributed by atoms with Gasteiger partial charge in [0.15, 0.2) is 0 Å². The van der Waals surface area contributed by atoms with E-state index >= 15 is 0 Å². The Morgan fingerprint density at radius 1 is 0.692 bits per heavy atom. The highest BCUT2D eigenvalue weighted by Gasteiger charge is 2.16. The Hall–Kier alpha value is 1.89. The quantitative estimate of drug-likeness (QED) is 0.224. The first-order valence-corrected chi connectivity index (χ1v) is 17.7. The molecule has 80 valence electrons. The van der Waals surface area contributed by atoms with Gasteiger partial charge in [0, 0.05) is 0 Å². The van der Waals surface area contributed by atoms with E-state index in [9.17, 15) is 0 Å². The summed E-state index contributed by atoms with van der Waals surface area (Å²) in [7, 11) is 0. The maximum Gasteiger partial charge on any atom is 0.119 e. The Kier molecular flexibility index (Phi) is 7.41. The molecule has 4 heteroatoms. The van der Waals surface area contributed by atoms with Gasteiger partial charge in [-0.25, -0.2) is 0 Å². The fraction of sp³-hybridized carbons (Fsp3) is 1.00. The van der Waals surface area contributed by atoms with Crippen LogP contribution in [0.3, 0.4) is 0 Å². The zero-order valence-corrected chi connectivity index (χ0v) is 15.6. The Morgan fingerprint density at radius 3 is 1.23 bits per heavy atom. The van der Waals surface area contributed by atoms with Gasteiger partial charge in [0.05, 0.1) is 0 Å². The van der Waals surface area contributed by atoms with Crippen molar-refractivity contribution in [3.8, 4) is 0 Å². The second-order valence-corrected chi connectivity index (χ2v) is 30.4. The zero-order chi connectivity index (χ0) is 10.5. The third kappa shape index (κ3) is 13.9. The van der Waals surface area contributed by atoms with Gasteiger partial charge in [0.2, 0.25) is 0 Å². The first kappa shape index (κ1) is 14.9. The first-order chi connectivity index (χ1) is 5.71. The average Bonchev–Trinajstić information content (AvgIpc) is 1.81. The molecule has 0 aliphatic carbocycles. The van der Waals surface area contributed by atoms with Crippen molar-refractivity contribution in [1.82, 2.24) is 0 Å². The van der Waals surface area contributed by atoms with Crippen molar-refractivity contribution in [3.05, 3.63) is 0 Å². The number of unbranched alkanes of at least 4 members (excludes halogenated alkanes) is 2. The van der Waals surface area contributed by atoms with Gasteiger partial charge < -0.3 is 0 Å². The van der Waals surface area contributed by atoms with Crippen LogP contribution in [0.1, 0.15) is 19.3 Å². The number of hydrogen-bond donors (Lipinski definition) is 0. The summed E-state index contributed by atoms with van der Waals surface area (Å²) in [5, 5.41) is 0. The van der Waals surface area contributed by atoms with E-state index in [-0.39, 0.29) is 0 Å². The lowest BCUT2D eigenvalue weighted by molar-refractivity contribution is 0.760. The van der Waals surface area contributed by atoms with Gasteiger partial charge in [-0.3, -0.25) is 0 Å². The van der Waals surface area contributed by atoms with Gasteiger partial charge in [-0.05, 0) is 12.1 Å². The van der Waals surface area contributed by atoms with Crippen molar-refractivity contribution in [3.63, 3.8) is 0 Å². The molecule has 0 rings (SSSR count). The molecule has 0 N–H and O–H groups in total. The summed E-state index contributed by atoms with van der Waals surface area (Å²) in [6.45, 7) is 9.85. The predicted molar refractivity (Wildman–Crippen MR) is 86.5 cm³/mol. The third-order valence-electron chi connectivity index (χ3n) is 2.04. The maximum absolute atomic E-state index is 2.69. The van der Waals surface area contributed by atoms with Gasteiger partial charge >= 0.3 is 0 Å². The molecule has 0 aromatic heterocycles. The molecule has 0 spiro atoms. The van der Waals surface area contributed by atoms with Gasteiger partial charge in [-0.2, -0.15) is 0 Å². The molecule has 0 unspecified atom stereocenters. The Bertz CT molecular complexity index is 120. The van der Waals surface area contributed by atoms with Crippen LogP contribution in [0.2, 0.25) is 38.3 Å². The van der Waals surface area contributed by atoms with Crippen LogP contribution in [0, 0.1) is 0 Å². The Labute approximate surface area is 111 Å². The van der Waals surface area contributed by atoms with E-state index in [0.29, 0.717) is 0 Å². The van der Waals surface area contributed by atoms with Crippen LogP contribution in [0.15, 0.2) is 0 Å². The van der Waals surface area contributed by atoms with Crippen LogP contribution in [-0.2, 0) is 0 Å². The molecule has 0 aromatic carbocycles. The summed E-state index contributed by atoms with van der Waals surface area (Å²) in [5.74, 6) is 0. The molecule has 0 aliphatic rings. The summed E-state index contributed by atoms with van der Waals surface area (Å²) in [6.07, 6.45) is 4.42. The minimum absolute atomic E-state index is 0.774. The van der Waals surface area contributed by atoms with Crippen molar-refractivity contribution in [1.29, 1.82) is 0 Å². The largest absolute Gasteiger partial charge is 0.119 e. The Balaban J connectivity index is 3.28. The van der Waals surface area contributed by atoms with Crippen LogP contribution in [-0.4, -0.2) is 11.1 Å². The molecular weight excluding hydrogens is 418 g/mol. The summed E-state index contributed by atoms with van der Waals surface area (Å²) >= 11 is 5.38. The van der Waals surface area contributed by atoms with Crippen molar-refractivity contribution >= 4 is 54.7 Å². The van der Waals surface area contributed by atoms with E-state index in [0.717, 1.165) is 0 Å². The fourth-order valence-corrected chi connectivity index (χ4v) is 5.74. The maximum atomic E-state index is 2.69. The van der Waals surface area contributed by atoms with E-state index in [4.69, 9.17) is 0 Å². The molecule has 0 fully saturated rings. The fourth-order valence-electron chi connectivity index (χ4n) is 1.27. The van der Waals surface area contributed by atoms with Gasteiger partial charge in [0.25, 0.3) is 0 Å². The summed E-state index contributed by atoms with van der Waals surface area (Å²) in [6, 6.07) is 3.02. The van der Waals surface area contributed by atoms with Crippen LogP contribution < -0.4 is 0 Å². The minimum Gasteiger partial charge on any atom is -0.119 e. The molecule has 0 nitrogen and oxygen atoms in total. The number of rotatable bonds is 6. The third-order valence-corrected chi connectivity index (χ3v) is 8.36. The highest BCUT2D eigenvalue weighted by Crippen LogP contribution is 2.24. The highest BCUT2D eigenvalue weighted by molar-refractivity contribution is 14.1. The Morgan fingerprint density at radius 2 is 1.00 bits per heavy atom. The molecule has 0 bridgehead atoms. The summed E-state index contributed by atoms with van der Waals surface area (Å²) < 4.78 is 0. The normalized spacial score (nSPS) is 13.4. The number of hydrogen-bond acceptors (Lipinski definition) is 0. The van der Waals surface area contributed by atoms with Gasteiger partial charge in [0.1, 0.15) is 11.1 Å². The summed E-state index contributed by atoms with van der Waals surface area (Å²) in [5.41, 5.74) is -1.55. The predicted octanol–water partition coefficient (Wildman–Crippen LogP) is 5.44. The molecule has 0 aromatic rings. The molecule has 0 radical (unpaired) electrons. The second kappa shape index (κ2) is 6.47. The van der Waals surface area contributed by atoms with Crippen molar-refractivity contribution in [2.24, 2.45) is 0 Å². The topological polar surface area (TPSA) is 0 Å². The lowest BCUT2D eigenvalue weighted by atomic mass is 10.3. The zero-order valence-electron chi connectivity index (χ0n) is 9.29. The molecule has 0 heterocycles. The lowest BCUT2D eigenvalue weighted by Crippen LogP contribution is -2.15. The monoisotopic (exact) mass is 440 g/mol. The molecule has 13 heavy (non-hydrogen) atoms. The summed E-state index contributed by atoms with van der Waals surface area (Å²) in [4.78, 5) is 0. The van der Waals surface area contributed by atoms with Crippen LogP contribution in [0.5, 0.6) is 0 Å². The van der Waals surface area contributed by atoms with Crippen molar-refractivity contribution < 1.29 is 0 Å². The standard InChI is InChI=1S/C9H22I2Si2/c1-12(2,10)8-6-5-7-9-13(3,4)11/h5-9H2,1-4H3. The second-order valence-electron chi connectivity index (χ2n) is 5.00. The molecule has 0 aliphatic heterocycles. The van der Waals surface area contributed by atoms with Crippen LogP contribution in [0.25, 0.3) is 0 Å². The van der Waals surface area contributed by atoms with Crippen LogP contribution in [0.4, 0.5) is 0 Å². The smallest absolute Gasteiger partial charge is 0.119 e. The average molecular weight is 440 g/mol. The van der Waals surface area contributed by atoms with Gasteiger partial charge in [-0.15, -0.1) is 43.6 Å². The molecule has 0 saturated heterocycles. The molecular formula is C9H22I2Si2. The van der Waals surface area contributed by atoms with E-state index in [1.807, 2.05) is 0 Å². The number of halogens is 2. The minimum atomic E-state index is -0.774. The van der Waals surface area contributed by atoms with Crippen molar-refractivity contribution in [2.75, 3.05) is 0 Å². The van der Waals surface area contributed by atoms with Gasteiger partial charge in [-0.1, -0.05) is 45.5 Å². The molecule has 0 saturated carbocycles. The molecule has 0 atom stereocenters.